The van der Waals surface area contributed by atoms with Crippen LogP contribution in [0.2, 0.25) is 0 Å². The average molecular weight is 1510 g/mol. The van der Waals surface area contributed by atoms with Gasteiger partial charge in [0.2, 0.25) is 19.6 Å². The Hall–Kier alpha value is -11.4. The van der Waals surface area contributed by atoms with Gasteiger partial charge in [0.1, 0.15) is 70.4 Å². The van der Waals surface area contributed by atoms with Crippen molar-refractivity contribution in [3.05, 3.63) is 354 Å². The molecule has 0 bridgehead atoms. The van der Waals surface area contributed by atoms with E-state index in [2.05, 4.69) is 50.4 Å². The van der Waals surface area contributed by atoms with Crippen LogP contribution in [0.15, 0.2) is 395 Å². The number of anilines is 1. The highest BCUT2D eigenvalue weighted by Gasteiger charge is 2.47. The number of nitrogens with one attached hydrogen (secondary N) is 1. The molecular weight excluding hydrogens is 1450 g/mol. The first-order valence-electron chi connectivity index (χ1n) is 33.2. The van der Waals surface area contributed by atoms with Crippen LogP contribution in [0, 0.1) is 10.1 Å². The average Bonchev–Trinajstić information content (AvgIpc) is 1.14. The number of aromatic carboxylic acids is 1. The van der Waals surface area contributed by atoms with E-state index in [0.717, 1.165) is 70.2 Å². The van der Waals surface area contributed by atoms with Crippen molar-refractivity contribution >= 4 is 92.8 Å². The van der Waals surface area contributed by atoms with Gasteiger partial charge in [-0.2, -0.15) is 8.42 Å². The number of nitro benzene ring substituents is 1. The van der Waals surface area contributed by atoms with Crippen molar-refractivity contribution in [2.24, 2.45) is 0 Å². The Morgan fingerprint density at radius 1 is 0.425 bits per heavy atom. The molecule has 13 aromatic carbocycles. The Kier molecular flexibility index (Phi) is 20.5. The van der Waals surface area contributed by atoms with Crippen LogP contribution in [0.5, 0.6) is 23.0 Å². The number of sulfone groups is 1. The number of ether oxygens (including phenoxy) is 2. The van der Waals surface area contributed by atoms with E-state index in [0.29, 0.717) is 38.2 Å². The molecule has 106 heavy (non-hydrogen) atoms. The second kappa shape index (κ2) is 30.3. The molecule has 15 nitrogen and oxygen atoms in total. The molecule has 0 aromatic heterocycles. The zero-order valence-corrected chi connectivity index (χ0v) is 61.7. The van der Waals surface area contributed by atoms with Gasteiger partial charge in [-0.25, -0.2) is 18.0 Å². The zero-order chi connectivity index (χ0) is 73.9. The Morgan fingerprint density at radius 2 is 0.811 bits per heavy atom. The third-order valence-corrected chi connectivity index (χ3v) is 30.1. The number of hydrogen-bond acceptors (Lipinski definition) is 12. The van der Waals surface area contributed by atoms with Crippen LogP contribution in [0.1, 0.15) is 57.4 Å². The summed E-state index contributed by atoms with van der Waals surface area (Å²) in [4.78, 5) is 58.8. The summed E-state index contributed by atoms with van der Waals surface area (Å²) >= 11 is 0. The summed E-state index contributed by atoms with van der Waals surface area (Å²) in [6, 6.07) is 98.5. The second-order valence-electron chi connectivity index (χ2n) is 25.1. The molecule has 17 rings (SSSR count). The standard InChI is InChI=1S/C24H17O4S2.C22H21O2S2.C20H13NO3S.C19H12NO4S/c25-30(26)24-13-7-6-12-23(24)29(22-11-5-4-10-21(22)28-30)20-16-14-19(15-17-20)27-18-8-2-1-3-9-18;1-22(2,3)16-12-14-17(15-13-16)25-18-8-4-6-10-20(18)26(23,24)21-11-7-5-9-19(21)25;22-19-15-5-1-3-7-17(15)25(18-8-4-2-6-16(18)21-19)14-11-9-13(10-12-14)20(23)24;21-19-15-5-1-3-7-17(15)25(18-8-4-2-6-16(18)24-19)14-11-9-13(10-12-14)20(22)23/h1-17H;4-15H,1-3H3;1-12H,(H-,21,22,23,24);1-12H/q2*+1;;+1/p+1. The van der Waals surface area contributed by atoms with Crippen LogP contribution in [0.25, 0.3) is 0 Å². The van der Waals surface area contributed by atoms with Crippen LogP contribution in [0.4, 0.5) is 11.4 Å². The van der Waals surface area contributed by atoms with Gasteiger partial charge in [0.25, 0.3) is 11.6 Å². The van der Waals surface area contributed by atoms with Crippen LogP contribution in [-0.4, -0.2) is 44.7 Å². The van der Waals surface area contributed by atoms with Gasteiger partial charge in [-0.1, -0.05) is 148 Å². The number of nitro groups is 1. The lowest BCUT2D eigenvalue weighted by Gasteiger charge is -2.21. The predicted molar refractivity (Wildman–Crippen MR) is 411 cm³/mol. The largest absolute Gasteiger partial charge is 0.478 e. The molecule has 21 heteroatoms. The lowest BCUT2D eigenvalue weighted by Crippen LogP contribution is -2.20. The van der Waals surface area contributed by atoms with Crippen molar-refractivity contribution in [1.29, 1.82) is 0 Å². The van der Waals surface area contributed by atoms with Crippen LogP contribution in [-0.2, 0) is 69.0 Å². The van der Waals surface area contributed by atoms with Gasteiger partial charge in [0, 0.05) is 24.3 Å². The molecule has 4 aliphatic rings. The minimum absolute atomic E-state index is 0.0380. The van der Waals surface area contributed by atoms with Crippen molar-refractivity contribution in [1.82, 2.24) is 0 Å². The number of para-hydroxylation sites is 4. The first-order valence-corrected chi connectivity index (χ1v) is 40.9. The molecule has 4 heterocycles. The Bertz CT molecular complexity index is 5550. The number of benzene rings is 13. The van der Waals surface area contributed by atoms with E-state index in [1.807, 2.05) is 194 Å². The van der Waals surface area contributed by atoms with E-state index in [1.54, 1.807) is 91.0 Å². The third-order valence-electron chi connectivity index (χ3n) is 17.2. The quantitative estimate of drug-likeness (QED) is 0.0361. The minimum Gasteiger partial charge on any atom is -0.478 e. The molecule has 0 spiro atoms. The number of carbonyl (C=O) groups is 3. The summed E-state index contributed by atoms with van der Waals surface area (Å²) in [6.45, 7) is 6.59. The van der Waals surface area contributed by atoms with Crippen molar-refractivity contribution in [2.75, 3.05) is 5.32 Å². The first kappa shape index (κ1) is 71.6. The van der Waals surface area contributed by atoms with Crippen LogP contribution < -0.4 is 19.0 Å². The topological polar surface area (TPSA) is 223 Å². The Morgan fingerprint density at radius 3 is 1.37 bits per heavy atom. The van der Waals surface area contributed by atoms with Crippen molar-refractivity contribution in [2.45, 2.75) is 99.6 Å². The fraction of sp³-hybridized carbons (Fsp3) is 0.0471. The highest BCUT2D eigenvalue weighted by atomic mass is 32.2. The summed E-state index contributed by atoms with van der Waals surface area (Å²) in [6.07, 6.45) is 0. The van der Waals surface area contributed by atoms with Gasteiger partial charge < -0.3 is 24.1 Å². The summed E-state index contributed by atoms with van der Waals surface area (Å²) in [7, 11) is -9.50. The molecule has 524 valence electrons. The maximum atomic E-state index is 13.1. The minimum atomic E-state index is -3.90. The first-order chi connectivity index (χ1) is 51.2. The number of rotatable bonds is 8. The predicted octanol–water partition coefficient (Wildman–Crippen LogP) is 19.1. The van der Waals surface area contributed by atoms with E-state index >= 15 is 0 Å². The lowest BCUT2D eigenvalue weighted by atomic mass is 9.87. The van der Waals surface area contributed by atoms with Gasteiger partial charge in [0.15, 0.2) is 65.3 Å². The van der Waals surface area contributed by atoms with E-state index < -0.39 is 74.4 Å². The molecule has 3 unspecified atom stereocenters. The molecule has 0 radical (unpaired) electrons. The fourth-order valence-corrected chi connectivity index (χ4v) is 25.3. The van der Waals surface area contributed by atoms with Gasteiger partial charge in [0.05, 0.1) is 21.7 Å². The molecule has 0 saturated carbocycles. The SMILES string of the molecule is CC(C)(C)c1ccc([S+]2c3ccccc3S(=O)(=O)c3ccccc32)cc1.O=C(O)c1ccc([S+]2c3ccccc3NC(=O)c3ccccc32)cc1.O=C1Oc2ccccc2[S+](c2ccc([N+](=O)[O-])cc2)c2ccccc21.O=S1(=O)Oc2ccccc2[S+](c2ccc(Oc3ccccc3)cc2)c2ccccc21. The highest BCUT2D eigenvalue weighted by Crippen LogP contribution is 2.48. The third kappa shape index (κ3) is 14.7. The van der Waals surface area contributed by atoms with Gasteiger partial charge in [-0.05, 0) is 181 Å². The van der Waals surface area contributed by atoms with E-state index in [1.165, 1.54) is 17.7 Å². The number of hydrogen-bond donors (Lipinski definition) is 2. The number of carbonyl (C=O) groups excluding carboxylic acids is 2. The Balaban J connectivity index is 0.000000119. The van der Waals surface area contributed by atoms with Crippen LogP contribution >= 0.6 is 0 Å². The summed E-state index contributed by atoms with van der Waals surface area (Å²) in [5.74, 6) is 0.895. The van der Waals surface area contributed by atoms with E-state index in [9.17, 15) is 41.3 Å². The molecule has 4 aliphatic heterocycles. The molecule has 1 amide bonds. The van der Waals surface area contributed by atoms with E-state index in [4.69, 9.17) is 18.8 Å². The highest BCUT2D eigenvalue weighted by molar-refractivity contribution is 8.01. The molecule has 2 N–H and O–H groups in total. The normalized spacial score (nSPS) is 15.9. The monoisotopic (exact) mass is 1510 g/mol. The molecule has 0 aliphatic carbocycles. The lowest BCUT2D eigenvalue weighted by molar-refractivity contribution is -0.384. The second-order valence-corrected chi connectivity index (χ2v) is 36.3. The number of non-ortho nitro benzene ring substituents is 1. The summed E-state index contributed by atoms with van der Waals surface area (Å²) < 4.78 is 68.8. The number of fused-ring (bicyclic) bond motifs is 8. The van der Waals surface area contributed by atoms with Gasteiger partial charge in [-0.3, -0.25) is 14.9 Å². The maximum Gasteiger partial charge on any atom is 0.348 e. The van der Waals surface area contributed by atoms with Crippen molar-refractivity contribution < 1.29 is 54.9 Å². The number of esters is 1. The van der Waals surface area contributed by atoms with Gasteiger partial charge in [-0.15, -0.1) is 0 Å². The number of amides is 1. The van der Waals surface area contributed by atoms with Crippen molar-refractivity contribution in [3.63, 3.8) is 0 Å². The summed E-state index contributed by atoms with van der Waals surface area (Å²) in [5.41, 5.74) is 3.59. The molecule has 13 aromatic rings. The van der Waals surface area contributed by atoms with Crippen LogP contribution in [0.3, 0.4) is 0 Å². The molecule has 3 atom stereocenters. The van der Waals surface area contributed by atoms with E-state index in [-0.39, 0.29) is 33.4 Å². The maximum absolute atomic E-state index is 13.1. The number of nitrogens with zero attached hydrogens (tertiary/aromatic N) is 1. The number of carboxylic acids is 1. The molecular formula is C85H64N2O13S6+4. The fourth-order valence-electron chi connectivity index (χ4n) is 12.2. The zero-order valence-electron chi connectivity index (χ0n) is 56.8. The van der Waals surface area contributed by atoms with Crippen molar-refractivity contribution in [3.8, 4) is 23.0 Å². The van der Waals surface area contributed by atoms with Gasteiger partial charge >= 0.3 is 22.1 Å². The summed E-state index contributed by atoms with van der Waals surface area (Å²) in [5, 5.41) is 23.0. The Labute approximate surface area is 624 Å². The molecule has 0 fully saturated rings. The number of carboxylic acid groups (broad SMARTS) is 1. The smallest absolute Gasteiger partial charge is 0.348 e. The molecule has 0 saturated heterocycles.